The van der Waals surface area contributed by atoms with Crippen molar-refractivity contribution in [2.24, 2.45) is 5.41 Å². The number of esters is 2. The lowest BCUT2D eigenvalue weighted by molar-refractivity contribution is -0.164. The summed E-state index contributed by atoms with van der Waals surface area (Å²) in [6, 6.07) is 11.8. The number of hydrogen-bond donors (Lipinski definition) is 0. The summed E-state index contributed by atoms with van der Waals surface area (Å²) in [5.41, 5.74) is 0.132. The van der Waals surface area contributed by atoms with Crippen LogP contribution in [0.1, 0.15) is 90.9 Å². The topological polar surface area (TPSA) is 118 Å². The van der Waals surface area contributed by atoms with Gasteiger partial charge in [0.05, 0.1) is 14.2 Å². The van der Waals surface area contributed by atoms with Crippen LogP contribution in [0.4, 0.5) is 0 Å². The minimum atomic E-state index is -0.868. The van der Waals surface area contributed by atoms with E-state index in [1.807, 2.05) is 31.2 Å². The minimum Gasteiger partial charge on any atom is -0.493 e. The number of ether oxygens (including phenoxy) is 5. The maximum Gasteiger partial charge on any atom is 0.344 e. The fourth-order valence-corrected chi connectivity index (χ4v) is 5.16. The predicted octanol–water partition coefficient (Wildman–Crippen LogP) is 6.03. The van der Waals surface area contributed by atoms with E-state index in [0.29, 0.717) is 61.5 Å². The summed E-state index contributed by atoms with van der Waals surface area (Å²) >= 11 is 0. The molecule has 10 heteroatoms. The van der Waals surface area contributed by atoms with Crippen molar-refractivity contribution in [1.29, 1.82) is 0 Å². The third-order valence-electron chi connectivity index (χ3n) is 8.14. The van der Waals surface area contributed by atoms with Crippen LogP contribution in [0.2, 0.25) is 0 Å². The number of amides is 1. The number of likely N-dealkylation sites (tertiary alicyclic amines) is 1. The molecule has 2 aromatic carbocycles. The van der Waals surface area contributed by atoms with Crippen molar-refractivity contribution in [2.45, 2.75) is 97.8 Å². The van der Waals surface area contributed by atoms with Gasteiger partial charge in [0.1, 0.15) is 23.5 Å². The zero-order valence-electron chi connectivity index (χ0n) is 28.5. The lowest BCUT2D eigenvalue weighted by Gasteiger charge is -2.36. The Labute approximate surface area is 272 Å². The predicted molar refractivity (Wildman–Crippen MR) is 173 cm³/mol. The molecule has 1 heterocycles. The number of aryl methyl sites for hydroxylation is 1. The molecule has 0 aliphatic carbocycles. The van der Waals surface area contributed by atoms with Gasteiger partial charge in [0.25, 0.3) is 5.91 Å². The molecule has 2 aromatic rings. The Kier molecular flexibility index (Phi) is 12.6. The second-order valence-corrected chi connectivity index (χ2v) is 13.2. The van der Waals surface area contributed by atoms with Crippen molar-refractivity contribution in [1.82, 2.24) is 4.90 Å². The van der Waals surface area contributed by atoms with Crippen LogP contribution in [0.15, 0.2) is 42.5 Å². The first kappa shape index (κ1) is 36.4. The average molecular weight is 640 g/mol. The SMILES string of the molecule is CCC(C)(C)C(=O)C(=O)N1CCCC[C@H]1C(=O)O[C@H](CCc1ccc(OC)c(OC)c1)c1cccc(OCC(=O)OC(C)(C)C)c1. The number of Topliss-reactive ketones (excluding diaryl/α,β-unsaturated/α-hetero) is 1. The van der Waals surface area contributed by atoms with Crippen LogP contribution < -0.4 is 14.2 Å². The largest absolute Gasteiger partial charge is 0.493 e. The van der Waals surface area contributed by atoms with E-state index in [0.717, 1.165) is 12.0 Å². The highest BCUT2D eigenvalue weighted by Crippen LogP contribution is 2.32. The van der Waals surface area contributed by atoms with E-state index in [4.69, 9.17) is 23.7 Å². The Morgan fingerprint density at radius 3 is 2.30 bits per heavy atom. The van der Waals surface area contributed by atoms with Gasteiger partial charge in [0, 0.05) is 12.0 Å². The quantitative estimate of drug-likeness (QED) is 0.180. The fraction of sp³-hybridized carbons (Fsp3) is 0.556. The van der Waals surface area contributed by atoms with E-state index in [2.05, 4.69) is 0 Å². The highest BCUT2D eigenvalue weighted by atomic mass is 16.6. The normalized spacial score (nSPS) is 15.8. The lowest BCUT2D eigenvalue weighted by atomic mass is 9.84. The third-order valence-corrected chi connectivity index (χ3v) is 8.14. The molecule has 0 saturated carbocycles. The Morgan fingerprint density at radius 2 is 1.65 bits per heavy atom. The average Bonchev–Trinajstić information content (AvgIpc) is 3.03. The molecule has 1 saturated heterocycles. The number of nitrogens with zero attached hydrogens (tertiary/aromatic N) is 1. The van der Waals surface area contributed by atoms with Crippen molar-refractivity contribution < 1.29 is 42.9 Å². The first-order valence-electron chi connectivity index (χ1n) is 15.9. The second kappa shape index (κ2) is 16.0. The summed E-state index contributed by atoms with van der Waals surface area (Å²) in [6.07, 6.45) is 2.56. The summed E-state index contributed by atoms with van der Waals surface area (Å²) in [4.78, 5) is 53.9. The summed E-state index contributed by atoms with van der Waals surface area (Å²) in [5.74, 6) is -0.612. The van der Waals surface area contributed by atoms with Crippen molar-refractivity contribution in [2.75, 3.05) is 27.4 Å². The number of hydrogen-bond acceptors (Lipinski definition) is 9. The highest BCUT2D eigenvalue weighted by molar-refractivity contribution is 6.38. The minimum absolute atomic E-state index is 0.280. The van der Waals surface area contributed by atoms with Crippen LogP contribution in [0, 0.1) is 5.41 Å². The molecule has 0 spiro atoms. The fourth-order valence-electron chi connectivity index (χ4n) is 5.16. The van der Waals surface area contributed by atoms with Crippen molar-refractivity contribution in [3.05, 3.63) is 53.6 Å². The maximum absolute atomic E-state index is 13.8. The Bertz CT molecular complexity index is 1380. The smallest absolute Gasteiger partial charge is 0.344 e. The zero-order valence-corrected chi connectivity index (χ0v) is 28.5. The van der Waals surface area contributed by atoms with E-state index in [9.17, 15) is 19.2 Å². The van der Waals surface area contributed by atoms with Crippen LogP contribution >= 0.6 is 0 Å². The van der Waals surface area contributed by atoms with Gasteiger partial charge in [-0.2, -0.15) is 0 Å². The lowest BCUT2D eigenvalue weighted by Crippen LogP contribution is -2.53. The van der Waals surface area contributed by atoms with Crippen LogP contribution in [0.25, 0.3) is 0 Å². The molecule has 1 fully saturated rings. The standard InChI is InChI=1S/C36H49NO9/c1-9-36(5,6)32(39)33(40)37-20-11-10-15-27(37)34(41)45-28(18-16-24-17-19-29(42-7)30(21-24)43-8)25-13-12-14-26(22-25)44-23-31(38)46-35(2,3)4/h12-14,17,19,21-22,27-28H,9-11,15-16,18,20,23H2,1-8H3/t27-,28+/m0/s1. The first-order valence-corrected chi connectivity index (χ1v) is 15.9. The van der Waals surface area contributed by atoms with Gasteiger partial charge in [0.15, 0.2) is 18.1 Å². The molecule has 252 valence electrons. The van der Waals surface area contributed by atoms with Gasteiger partial charge in [-0.25, -0.2) is 9.59 Å². The molecule has 1 amide bonds. The number of methoxy groups -OCH3 is 2. The van der Waals surface area contributed by atoms with E-state index in [1.165, 1.54) is 4.90 Å². The molecule has 10 nitrogen and oxygen atoms in total. The molecule has 0 radical (unpaired) electrons. The monoisotopic (exact) mass is 639 g/mol. The highest BCUT2D eigenvalue weighted by Gasteiger charge is 2.41. The number of rotatable bonds is 14. The molecule has 1 aliphatic heterocycles. The molecule has 0 aromatic heterocycles. The first-order chi connectivity index (χ1) is 21.7. The Morgan fingerprint density at radius 1 is 0.935 bits per heavy atom. The number of benzene rings is 2. The van der Waals surface area contributed by atoms with E-state index >= 15 is 0 Å². The number of carbonyl (C=O) groups excluding carboxylic acids is 4. The van der Waals surface area contributed by atoms with Gasteiger partial charge in [-0.1, -0.05) is 39.0 Å². The second-order valence-electron chi connectivity index (χ2n) is 13.2. The van der Waals surface area contributed by atoms with Crippen LogP contribution in [-0.2, 0) is 35.1 Å². The van der Waals surface area contributed by atoms with Gasteiger partial charge in [0.2, 0.25) is 5.78 Å². The molecule has 46 heavy (non-hydrogen) atoms. The Balaban J connectivity index is 1.86. The van der Waals surface area contributed by atoms with E-state index in [-0.39, 0.29) is 6.61 Å². The number of ketones is 1. The third kappa shape index (κ3) is 9.96. The summed E-state index contributed by atoms with van der Waals surface area (Å²) in [6.45, 7) is 10.7. The number of carbonyl (C=O) groups is 4. The van der Waals surface area contributed by atoms with Gasteiger partial charge >= 0.3 is 11.9 Å². The van der Waals surface area contributed by atoms with Gasteiger partial charge in [-0.05, 0) is 94.7 Å². The van der Waals surface area contributed by atoms with Crippen LogP contribution in [0.3, 0.4) is 0 Å². The van der Waals surface area contributed by atoms with Crippen molar-refractivity contribution >= 4 is 23.6 Å². The van der Waals surface area contributed by atoms with Crippen molar-refractivity contribution in [3.8, 4) is 17.2 Å². The molecular weight excluding hydrogens is 590 g/mol. The molecule has 3 rings (SSSR count). The Hall–Kier alpha value is -4.08. The van der Waals surface area contributed by atoms with Gasteiger partial charge in [-0.3, -0.25) is 9.59 Å². The van der Waals surface area contributed by atoms with Gasteiger partial charge < -0.3 is 28.6 Å². The van der Waals surface area contributed by atoms with Crippen molar-refractivity contribution in [3.63, 3.8) is 0 Å². The van der Waals surface area contributed by atoms with E-state index in [1.54, 1.807) is 67.0 Å². The molecule has 2 atom stereocenters. The molecule has 0 bridgehead atoms. The molecule has 0 unspecified atom stereocenters. The van der Waals surface area contributed by atoms with Crippen LogP contribution in [-0.4, -0.2) is 67.5 Å². The van der Waals surface area contributed by atoms with Gasteiger partial charge in [-0.15, -0.1) is 0 Å². The zero-order chi connectivity index (χ0) is 34.1. The summed E-state index contributed by atoms with van der Waals surface area (Å²) in [5, 5.41) is 0. The number of piperidine rings is 1. The van der Waals surface area contributed by atoms with Crippen LogP contribution in [0.5, 0.6) is 17.2 Å². The molecule has 1 aliphatic rings. The molecule has 0 N–H and O–H groups in total. The summed E-state index contributed by atoms with van der Waals surface area (Å²) in [7, 11) is 3.14. The summed E-state index contributed by atoms with van der Waals surface area (Å²) < 4.78 is 28.1. The maximum atomic E-state index is 13.8. The van der Waals surface area contributed by atoms with E-state index < -0.39 is 46.8 Å². The molecular formula is C36H49NO9.